The van der Waals surface area contributed by atoms with E-state index in [0.29, 0.717) is 6.54 Å². The predicted octanol–water partition coefficient (Wildman–Crippen LogP) is 4.74. The Balaban J connectivity index is 1.62. The number of nitrogens with one attached hydrogen (secondary N) is 1. The van der Waals surface area contributed by atoms with E-state index in [0.717, 1.165) is 28.6 Å². The first-order chi connectivity index (χ1) is 13.0. The zero-order valence-electron chi connectivity index (χ0n) is 15.7. The van der Waals surface area contributed by atoms with Crippen LogP contribution in [0.3, 0.4) is 0 Å². The number of rotatable bonds is 7. The Morgan fingerprint density at radius 1 is 1.19 bits per heavy atom. The van der Waals surface area contributed by atoms with Gasteiger partial charge in [0.1, 0.15) is 0 Å². The summed E-state index contributed by atoms with van der Waals surface area (Å²) in [4.78, 5) is 27.1. The Morgan fingerprint density at radius 3 is 2.67 bits per heavy atom. The Morgan fingerprint density at radius 2 is 1.96 bits per heavy atom. The minimum atomic E-state index is -0.147. The molecule has 0 spiro atoms. The highest BCUT2D eigenvalue weighted by molar-refractivity contribution is 9.10. The number of benzene rings is 2. The molecule has 1 aliphatic carbocycles. The van der Waals surface area contributed by atoms with Crippen molar-refractivity contribution in [3.63, 3.8) is 0 Å². The van der Waals surface area contributed by atoms with Gasteiger partial charge in [0, 0.05) is 22.6 Å². The molecular formula is C22H25BrN2O2. The number of carbonyl (C=O) groups is 2. The van der Waals surface area contributed by atoms with E-state index in [1.807, 2.05) is 50.2 Å². The SMILES string of the molecule is CCCN(CC(=O)Nc1ccccc1C)C(=O)C1CC1c1cccc(Br)c1. The maximum absolute atomic E-state index is 13.0. The zero-order valence-corrected chi connectivity index (χ0v) is 17.3. The van der Waals surface area contributed by atoms with Crippen molar-refractivity contribution >= 4 is 33.4 Å². The first kappa shape index (κ1) is 19.6. The lowest BCUT2D eigenvalue weighted by molar-refractivity contribution is -0.136. The fraction of sp³-hybridized carbons (Fsp3) is 0.364. The highest BCUT2D eigenvalue weighted by Crippen LogP contribution is 2.48. The van der Waals surface area contributed by atoms with E-state index >= 15 is 0 Å². The summed E-state index contributed by atoms with van der Waals surface area (Å²) in [6, 6.07) is 15.8. The van der Waals surface area contributed by atoms with Gasteiger partial charge in [-0.2, -0.15) is 0 Å². The molecule has 4 nitrogen and oxygen atoms in total. The van der Waals surface area contributed by atoms with Gasteiger partial charge >= 0.3 is 0 Å². The van der Waals surface area contributed by atoms with Crippen LogP contribution in [0.1, 0.15) is 36.8 Å². The Labute approximate surface area is 169 Å². The fourth-order valence-corrected chi connectivity index (χ4v) is 3.84. The molecule has 27 heavy (non-hydrogen) atoms. The van der Waals surface area contributed by atoms with Gasteiger partial charge in [0.15, 0.2) is 0 Å². The fourth-order valence-electron chi connectivity index (χ4n) is 3.42. The molecule has 5 heteroatoms. The Kier molecular flexibility index (Phi) is 6.32. The highest BCUT2D eigenvalue weighted by atomic mass is 79.9. The van der Waals surface area contributed by atoms with Gasteiger partial charge in [-0.15, -0.1) is 0 Å². The molecule has 2 aromatic rings. The summed E-state index contributed by atoms with van der Waals surface area (Å²) >= 11 is 3.49. The molecular weight excluding hydrogens is 404 g/mol. The molecule has 2 unspecified atom stereocenters. The topological polar surface area (TPSA) is 49.4 Å². The monoisotopic (exact) mass is 428 g/mol. The van der Waals surface area contributed by atoms with Crippen molar-refractivity contribution < 1.29 is 9.59 Å². The van der Waals surface area contributed by atoms with E-state index < -0.39 is 0 Å². The second-order valence-electron chi connectivity index (χ2n) is 7.13. The summed E-state index contributed by atoms with van der Waals surface area (Å²) in [6.07, 6.45) is 1.69. The van der Waals surface area contributed by atoms with E-state index in [1.54, 1.807) is 4.90 Å². The summed E-state index contributed by atoms with van der Waals surface area (Å²) in [5.41, 5.74) is 2.99. The predicted molar refractivity (Wildman–Crippen MR) is 112 cm³/mol. The van der Waals surface area contributed by atoms with E-state index in [2.05, 4.69) is 33.4 Å². The summed E-state index contributed by atoms with van der Waals surface area (Å²) in [5, 5.41) is 2.92. The molecule has 0 aromatic heterocycles. The van der Waals surface area contributed by atoms with Crippen molar-refractivity contribution in [1.29, 1.82) is 0 Å². The summed E-state index contributed by atoms with van der Waals surface area (Å²) in [7, 11) is 0. The van der Waals surface area contributed by atoms with Gasteiger partial charge in [0.2, 0.25) is 11.8 Å². The van der Waals surface area contributed by atoms with Gasteiger partial charge in [0.25, 0.3) is 0 Å². The largest absolute Gasteiger partial charge is 0.333 e. The van der Waals surface area contributed by atoms with E-state index in [4.69, 9.17) is 0 Å². The normalized spacial score (nSPS) is 18.0. The minimum absolute atomic E-state index is 0.0166. The van der Waals surface area contributed by atoms with Gasteiger partial charge in [0.05, 0.1) is 6.54 Å². The molecule has 0 radical (unpaired) electrons. The van der Waals surface area contributed by atoms with Gasteiger partial charge in [-0.1, -0.05) is 53.2 Å². The zero-order chi connectivity index (χ0) is 19.4. The van der Waals surface area contributed by atoms with Gasteiger partial charge in [-0.05, 0) is 55.0 Å². The van der Waals surface area contributed by atoms with Crippen LogP contribution in [0.2, 0.25) is 0 Å². The number of carbonyl (C=O) groups excluding carboxylic acids is 2. The summed E-state index contributed by atoms with van der Waals surface area (Å²) in [5.74, 6) is 0.179. The van der Waals surface area contributed by atoms with Crippen LogP contribution in [0.15, 0.2) is 53.0 Å². The molecule has 2 aromatic carbocycles. The average Bonchev–Trinajstić information content (AvgIpc) is 3.43. The number of halogens is 1. The number of hydrogen-bond acceptors (Lipinski definition) is 2. The van der Waals surface area contributed by atoms with Crippen LogP contribution in [0.5, 0.6) is 0 Å². The molecule has 1 N–H and O–H groups in total. The number of anilines is 1. The highest BCUT2D eigenvalue weighted by Gasteiger charge is 2.45. The molecule has 0 bridgehead atoms. The second-order valence-corrected chi connectivity index (χ2v) is 8.04. The number of hydrogen-bond donors (Lipinski definition) is 1. The lowest BCUT2D eigenvalue weighted by Gasteiger charge is -2.22. The standard InChI is InChI=1S/C22H25BrN2O2/c1-3-11-25(14-21(26)24-20-10-5-4-7-15(20)2)22(27)19-13-18(19)16-8-6-9-17(23)12-16/h4-10,12,18-19H,3,11,13-14H2,1-2H3,(H,24,26). The van der Waals surface area contributed by atoms with Crippen molar-refractivity contribution in [1.82, 2.24) is 4.90 Å². The Bertz CT molecular complexity index is 837. The van der Waals surface area contributed by atoms with Crippen LogP contribution in [-0.4, -0.2) is 29.8 Å². The van der Waals surface area contributed by atoms with Crippen LogP contribution < -0.4 is 5.32 Å². The molecule has 3 rings (SSSR count). The molecule has 0 saturated heterocycles. The molecule has 0 aliphatic heterocycles. The third kappa shape index (κ3) is 4.98. The van der Waals surface area contributed by atoms with E-state index in [1.165, 1.54) is 5.56 Å². The van der Waals surface area contributed by atoms with Crippen LogP contribution in [-0.2, 0) is 9.59 Å². The van der Waals surface area contributed by atoms with Crippen LogP contribution >= 0.6 is 15.9 Å². The second kappa shape index (κ2) is 8.70. The average molecular weight is 429 g/mol. The molecule has 1 aliphatic rings. The van der Waals surface area contributed by atoms with Crippen molar-refractivity contribution in [2.75, 3.05) is 18.4 Å². The maximum Gasteiger partial charge on any atom is 0.244 e. The van der Waals surface area contributed by atoms with Gasteiger partial charge in [-0.25, -0.2) is 0 Å². The van der Waals surface area contributed by atoms with Crippen molar-refractivity contribution in [3.8, 4) is 0 Å². The molecule has 2 atom stereocenters. The molecule has 2 amide bonds. The minimum Gasteiger partial charge on any atom is -0.333 e. The first-order valence-electron chi connectivity index (χ1n) is 9.39. The molecule has 142 valence electrons. The third-order valence-electron chi connectivity index (χ3n) is 4.94. The van der Waals surface area contributed by atoms with Gasteiger partial charge in [-0.3, -0.25) is 9.59 Å². The first-order valence-corrected chi connectivity index (χ1v) is 10.2. The lowest BCUT2D eigenvalue weighted by atomic mass is 10.1. The quantitative estimate of drug-likeness (QED) is 0.692. The molecule has 1 fully saturated rings. The van der Waals surface area contributed by atoms with Crippen molar-refractivity contribution in [3.05, 3.63) is 64.1 Å². The lowest BCUT2D eigenvalue weighted by Crippen LogP contribution is -2.39. The van der Waals surface area contributed by atoms with E-state index in [9.17, 15) is 9.59 Å². The molecule has 1 saturated carbocycles. The number of amides is 2. The van der Waals surface area contributed by atoms with Crippen molar-refractivity contribution in [2.45, 2.75) is 32.6 Å². The number of aryl methyl sites for hydroxylation is 1. The Hall–Kier alpha value is -2.14. The summed E-state index contributed by atoms with van der Waals surface area (Å²) < 4.78 is 1.03. The van der Waals surface area contributed by atoms with Crippen LogP contribution in [0, 0.1) is 12.8 Å². The van der Waals surface area contributed by atoms with Crippen molar-refractivity contribution in [2.24, 2.45) is 5.92 Å². The number of nitrogens with zero attached hydrogens (tertiary/aromatic N) is 1. The van der Waals surface area contributed by atoms with Crippen LogP contribution in [0.4, 0.5) is 5.69 Å². The third-order valence-corrected chi connectivity index (χ3v) is 5.44. The maximum atomic E-state index is 13.0. The summed E-state index contributed by atoms with van der Waals surface area (Å²) in [6.45, 7) is 4.68. The number of para-hydroxylation sites is 1. The smallest absolute Gasteiger partial charge is 0.244 e. The van der Waals surface area contributed by atoms with Gasteiger partial charge < -0.3 is 10.2 Å². The molecule has 0 heterocycles. The van der Waals surface area contributed by atoms with Crippen LogP contribution in [0.25, 0.3) is 0 Å². The van der Waals surface area contributed by atoms with E-state index in [-0.39, 0.29) is 30.2 Å².